The number of nitrogens with one attached hydrogen (secondary N) is 1. The Labute approximate surface area is 142 Å². The van der Waals surface area contributed by atoms with E-state index in [-0.39, 0.29) is 5.91 Å². The van der Waals surface area contributed by atoms with Crippen LogP contribution in [0.1, 0.15) is 5.56 Å². The number of hydrogen-bond acceptors (Lipinski definition) is 4. The van der Waals surface area contributed by atoms with E-state index in [1.165, 1.54) is 0 Å². The van der Waals surface area contributed by atoms with Crippen LogP contribution in [0.5, 0.6) is 5.75 Å². The second-order valence-corrected chi connectivity index (χ2v) is 7.77. The fraction of sp³-hybridized carbons (Fsp3) is 0.235. The van der Waals surface area contributed by atoms with Gasteiger partial charge in [0.05, 0.1) is 0 Å². The van der Waals surface area contributed by atoms with Crippen molar-refractivity contribution < 1.29 is 13.7 Å². The van der Waals surface area contributed by atoms with E-state index in [1.807, 2.05) is 48.5 Å². The number of carbonyl (C=O) groups is 1. The van der Waals surface area contributed by atoms with Crippen molar-refractivity contribution in [1.82, 2.24) is 0 Å². The van der Waals surface area contributed by atoms with Gasteiger partial charge < -0.3 is 10.1 Å². The first-order chi connectivity index (χ1) is 11.1. The first kappa shape index (κ1) is 16.1. The first-order valence-electron chi connectivity index (χ1n) is 7.20. The minimum atomic E-state index is -0.907. The van der Waals surface area contributed by atoms with Crippen molar-refractivity contribution in [1.29, 1.82) is 0 Å². The number of para-hydroxylation sites is 1. The van der Waals surface area contributed by atoms with Crippen LogP contribution in [0.4, 0.5) is 5.69 Å². The quantitative estimate of drug-likeness (QED) is 0.923. The minimum Gasteiger partial charge on any atom is -0.479 e. The van der Waals surface area contributed by atoms with Crippen molar-refractivity contribution in [3.63, 3.8) is 0 Å². The molecule has 0 unspecified atom stereocenters. The number of rotatable bonds is 4. The minimum absolute atomic E-state index is 0.165. The van der Waals surface area contributed by atoms with E-state index in [4.69, 9.17) is 4.74 Å². The number of hydrogen-bond donors (Lipinski definition) is 1. The Morgan fingerprint density at radius 2 is 2.13 bits per heavy atom. The summed E-state index contributed by atoms with van der Waals surface area (Å²) in [4.78, 5) is 13.5. The van der Waals surface area contributed by atoms with E-state index in [0.29, 0.717) is 17.2 Å². The van der Waals surface area contributed by atoms with Gasteiger partial charge in [-0.15, -0.1) is 11.8 Å². The standard InChI is InChI=1S/C17H17NO3S2/c1-23(20)11-12-5-4-6-13(9-12)18-17(19)15-10-22-16-8-3-2-7-14(16)21-15/h2-9,15H,10-11H2,1H3,(H,18,19)/t15-,23-/m0/s1. The molecule has 3 rings (SSSR count). The van der Waals surface area contributed by atoms with Crippen LogP contribution < -0.4 is 10.1 Å². The molecule has 0 aliphatic carbocycles. The van der Waals surface area contributed by atoms with Crippen molar-refractivity contribution in [3.8, 4) is 5.75 Å². The van der Waals surface area contributed by atoms with E-state index in [0.717, 1.165) is 16.2 Å². The molecule has 1 aliphatic heterocycles. The fourth-order valence-corrected chi connectivity index (χ4v) is 3.98. The highest BCUT2D eigenvalue weighted by Gasteiger charge is 2.26. The predicted octanol–water partition coefficient (Wildman–Crippen LogP) is 3.06. The zero-order valence-electron chi connectivity index (χ0n) is 12.7. The van der Waals surface area contributed by atoms with Gasteiger partial charge in [-0.25, -0.2) is 0 Å². The molecule has 0 fully saturated rings. The highest BCUT2D eigenvalue weighted by Crippen LogP contribution is 2.35. The number of carbonyl (C=O) groups excluding carboxylic acids is 1. The Morgan fingerprint density at radius 1 is 1.30 bits per heavy atom. The van der Waals surface area contributed by atoms with E-state index >= 15 is 0 Å². The average molecular weight is 347 g/mol. The van der Waals surface area contributed by atoms with Crippen molar-refractivity contribution in [2.75, 3.05) is 17.3 Å². The zero-order chi connectivity index (χ0) is 16.2. The summed E-state index contributed by atoms with van der Waals surface area (Å²) < 4.78 is 17.1. The lowest BCUT2D eigenvalue weighted by Crippen LogP contribution is -2.36. The number of amides is 1. The fourth-order valence-electron chi connectivity index (χ4n) is 2.35. The van der Waals surface area contributed by atoms with Crippen molar-refractivity contribution >= 4 is 34.2 Å². The van der Waals surface area contributed by atoms with E-state index in [9.17, 15) is 9.00 Å². The molecule has 23 heavy (non-hydrogen) atoms. The first-order valence-corrected chi connectivity index (χ1v) is 9.91. The Balaban J connectivity index is 1.67. The van der Waals surface area contributed by atoms with Gasteiger partial charge in [0.25, 0.3) is 5.91 Å². The monoisotopic (exact) mass is 347 g/mol. The number of ether oxygens (including phenoxy) is 1. The van der Waals surface area contributed by atoms with Crippen molar-refractivity contribution in [3.05, 3.63) is 54.1 Å². The van der Waals surface area contributed by atoms with Crippen LogP contribution in [-0.2, 0) is 21.3 Å². The largest absolute Gasteiger partial charge is 0.479 e. The molecule has 0 saturated carbocycles. The van der Waals surface area contributed by atoms with Crippen LogP contribution >= 0.6 is 11.8 Å². The number of fused-ring (bicyclic) bond motifs is 1. The van der Waals surface area contributed by atoms with E-state index in [2.05, 4.69) is 5.32 Å². The maximum absolute atomic E-state index is 12.4. The second-order valence-electron chi connectivity index (χ2n) is 5.27. The SMILES string of the molecule is C[S@](=O)Cc1cccc(NC(=O)[C@@H]2CSc3ccccc3O2)c1. The van der Waals surface area contributed by atoms with Crippen LogP contribution in [0.3, 0.4) is 0 Å². The van der Waals surface area contributed by atoms with Crippen LogP contribution in [-0.4, -0.2) is 28.2 Å². The molecule has 6 heteroatoms. The molecule has 0 aromatic heterocycles. The maximum Gasteiger partial charge on any atom is 0.266 e. The maximum atomic E-state index is 12.4. The molecular formula is C17H17NO3S2. The normalized spacial score (nSPS) is 17.7. The number of anilines is 1. The van der Waals surface area contributed by atoms with Gasteiger partial charge in [0.1, 0.15) is 5.75 Å². The van der Waals surface area contributed by atoms with Crippen LogP contribution in [0, 0.1) is 0 Å². The van der Waals surface area contributed by atoms with Gasteiger partial charge in [0.2, 0.25) is 0 Å². The lowest BCUT2D eigenvalue weighted by Gasteiger charge is -2.24. The number of benzene rings is 2. The molecule has 120 valence electrons. The summed E-state index contributed by atoms with van der Waals surface area (Å²) in [5, 5.41) is 2.88. The number of thioether (sulfide) groups is 1. The van der Waals surface area contributed by atoms with E-state index < -0.39 is 16.9 Å². The summed E-state index contributed by atoms with van der Waals surface area (Å²) in [7, 11) is -0.907. The van der Waals surface area contributed by atoms with Crippen molar-refractivity contribution in [2.45, 2.75) is 16.8 Å². The van der Waals surface area contributed by atoms with Crippen LogP contribution in [0.2, 0.25) is 0 Å². The van der Waals surface area contributed by atoms with E-state index in [1.54, 1.807) is 18.0 Å². The molecule has 2 aromatic rings. The summed E-state index contributed by atoms with van der Waals surface area (Å²) in [5.74, 6) is 1.65. The molecule has 0 bridgehead atoms. The molecule has 0 radical (unpaired) electrons. The molecule has 1 aliphatic rings. The third kappa shape index (κ3) is 4.14. The Kier molecular flexibility index (Phi) is 5.03. The molecule has 2 atom stereocenters. The lowest BCUT2D eigenvalue weighted by atomic mass is 10.2. The summed E-state index contributed by atoms with van der Waals surface area (Å²) in [6, 6.07) is 15.1. The Hall–Kier alpha value is -1.79. The second kappa shape index (κ2) is 7.19. The highest BCUT2D eigenvalue weighted by atomic mass is 32.2. The lowest BCUT2D eigenvalue weighted by molar-refractivity contribution is -0.122. The molecular weight excluding hydrogens is 330 g/mol. The topological polar surface area (TPSA) is 55.4 Å². The van der Waals surface area contributed by atoms with Crippen molar-refractivity contribution in [2.24, 2.45) is 0 Å². The van der Waals surface area contributed by atoms with Gasteiger partial charge >= 0.3 is 0 Å². The molecule has 2 aromatic carbocycles. The summed E-state index contributed by atoms with van der Waals surface area (Å²) in [5.41, 5.74) is 1.64. The van der Waals surface area contributed by atoms with Gasteiger partial charge in [-0.3, -0.25) is 9.00 Å². The average Bonchev–Trinajstić information content (AvgIpc) is 2.54. The molecule has 1 amide bonds. The predicted molar refractivity (Wildman–Crippen MR) is 94.4 cm³/mol. The molecule has 1 N–H and O–H groups in total. The molecule has 0 spiro atoms. The summed E-state index contributed by atoms with van der Waals surface area (Å²) >= 11 is 1.62. The van der Waals surface area contributed by atoms with Gasteiger partial charge in [-0.2, -0.15) is 0 Å². The van der Waals surface area contributed by atoms with Crippen LogP contribution in [0.25, 0.3) is 0 Å². The Morgan fingerprint density at radius 3 is 2.96 bits per heavy atom. The molecule has 1 heterocycles. The van der Waals surface area contributed by atoms with Crippen LogP contribution in [0.15, 0.2) is 53.4 Å². The molecule has 4 nitrogen and oxygen atoms in total. The van der Waals surface area contributed by atoms with Gasteiger partial charge in [0.15, 0.2) is 6.10 Å². The zero-order valence-corrected chi connectivity index (χ0v) is 14.3. The van der Waals surface area contributed by atoms with Gasteiger partial charge in [-0.05, 0) is 29.8 Å². The third-order valence-electron chi connectivity index (χ3n) is 3.37. The smallest absolute Gasteiger partial charge is 0.266 e. The third-order valence-corrected chi connectivity index (χ3v) is 5.22. The Bertz CT molecular complexity index is 748. The summed E-state index contributed by atoms with van der Waals surface area (Å²) in [6.07, 6.45) is 1.15. The van der Waals surface area contributed by atoms with Gasteiger partial charge in [0, 0.05) is 39.1 Å². The highest BCUT2D eigenvalue weighted by molar-refractivity contribution is 7.99. The summed E-state index contributed by atoms with van der Waals surface area (Å²) in [6.45, 7) is 0. The van der Waals surface area contributed by atoms with Gasteiger partial charge in [-0.1, -0.05) is 24.3 Å². The molecule has 0 saturated heterocycles.